The number of hydrogen-bond donors (Lipinski definition) is 2. The molecule has 2 heterocycles. The molecule has 0 saturated heterocycles. The van der Waals surface area contributed by atoms with Gasteiger partial charge in [0.15, 0.2) is 5.75 Å². The van der Waals surface area contributed by atoms with Crippen molar-refractivity contribution in [2.75, 3.05) is 6.54 Å². The molecule has 0 bridgehead atoms. The highest BCUT2D eigenvalue weighted by Gasteiger charge is 2.46. The van der Waals surface area contributed by atoms with Crippen LogP contribution in [0.1, 0.15) is 57.0 Å². The summed E-state index contributed by atoms with van der Waals surface area (Å²) in [5.74, 6) is 0.803. The number of nitrogens with zero attached hydrogens (tertiary/aromatic N) is 2. The Hall–Kier alpha value is -3.52. The SMILES string of the molecule is CC(C)(C)C1c2c(OC(N)=O)c(-c3ccc4ccccc4c3)c(C3CC3)n2CCN1OC(N)=O. The van der Waals surface area contributed by atoms with Gasteiger partial charge >= 0.3 is 12.2 Å². The zero-order valence-electron chi connectivity index (χ0n) is 19.7. The molecule has 34 heavy (non-hydrogen) atoms. The van der Waals surface area contributed by atoms with Gasteiger partial charge in [-0.1, -0.05) is 57.2 Å². The van der Waals surface area contributed by atoms with E-state index < -0.39 is 18.2 Å². The molecule has 0 radical (unpaired) electrons. The molecule has 1 atom stereocenters. The van der Waals surface area contributed by atoms with E-state index in [1.807, 2.05) is 12.1 Å². The zero-order valence-corrected chi connectivity index (χ0v) is 19.7. The van der Waals surface area contributed by atoms with E-state index in [1.54, 1.807) is 5.06 Å². The Balaban J connectivity index is 1.79. The van der Waals surface area contributed by atoms with E-state index in [2.05, 4.69) is 55.7 Å². The quantitative estimate of drug-likeness (QED) is 0.563. The fourth-order valence-electron chi connectivity index (χ4n) is 5.27. The van der Waals surface area contributed by atoms with E-state index in [-0.39, 0.29) is 5.41 Å². The van der Waals surface area contributed by atoms with Gasteiger partial charge in [-0.2, -0.15) is 0 Å². The molecule has 178 valence electrons. The van der Waals surface area contributed by atoms with Crippen LogP contribution >= 0.6 is 0 Å². The molecule has 2 aliphatic rings. The fourth-order valence-corrected chi connectivity index (χ4v) is 5.27. The molecule has 2 aromatic carbocycles. The summed E-state index contributed by atoms with van der Waals surface area (Å²) in [6.07, 6.45) is 0.394. The highest BCUT2D eigenvalue weighted by Crippen LogP contribution is 2.55. The van der Waals surface area contributed by atoms with E-state index in [4.69, 9.17) is 21.0 Å². The normalized spacial score (nSPS) is 18.5. The number of carbonyl (C=O) groups excluding carboxylic acids is 2. The summed E-state index contributed by atoms with van der Waals surface area (Å²) >= 11 is 0. The third-order valence-electron chi connectivity index (χ3n) is 6.62. The van der Waals surface area contributed by atoms with E-state index in [0.29, 0.717) is 24.8 Å². The molecular formula is C26H30N4O4. The minimum Gasteiger partial charge on any atom is -0.408 e. The van der Waals surface area contributed by atoms with Crippen molar-refractivity contribution in [3.63, 3.8) is 0 Å². The van der Waals surface area contributed by atoms with Crippen molar-refractivity contribution < 1.29 is 19.2 Å². The molecule has 4 N–H and O–H groups in total. The molecule has 8 nitrogen and oxygen atoms in total. The summed E-state index contributed by atoms with van der Waals surface area (Å²) in [4.78, 5) is 29.3. The summed E-state index contributed by atoms with van der Waals surface area (Å²) < 4.78 is 8.01. The van der Waals surface area contributed by atoms with Crippen molar-refractivity contribution in [2.24, 2.45) is 16.9 Å². The largest absolute Gasteiger partial charge is 0.423 e. The Kier molecular flexibility index (Phi) is 5.28. The number of primary amides is 2. The first kappa shape index (κ1) is 22.3. The second-order valence-electron chi connectivity index (χ2n) is 10.2. The molecule has 1 aliphatic heterocycles. The first-order chi connectivity index (χ1) is 16.1. The first-order valence-electron chi connectivity index (χ1n) is 11.6. The Morgan fingerprint density at radius 2 is 1.65 bits per heavy atom. The van der Waals surface area contributed by atoms with Crippen LogP contribution in [0.2, 0.25) is 0 Å². The van der Waals surface area contributed by atoms with Gasteiger partial charge in [-0.15, -0.1) is 5.06 Å². The number of carbonyl (C=O) groups is 2. The minimum absolute atomic E-state index is 0.370. The summed E-state index contributed by atoms with van der Waals surface area (Å²) in [5, 5.41) is 3.84. The van der Waals surface area contributed by atoms with Gasteiger partial charge in [-0.25, -0.2) is 9.59 Å². The number of nitrogens with two attached hydrogens (primary N) is 2. The Morgan fingerprint density at radius 1 is 0.941 bits per heavy atom. The average molecular weight is 463 g/mol. The Labute approximate surface area is 198 Å². The standard InChI is InChI=1S/C26H30N4O4/c1-26(2,3)23-21-22(33-24(27)31)19(18-11-8-15-6-4-5-7-17(15)14-18)20(16-9-10-16)29(21)12-13-30(23)34-25(28)32/h4-8,11,14,16,23H,9-10,12-13H2,1-3H3,(H2,27,31)(H2,28,32). The van der Waals surface area contributed by atoms with E-state index in [1.165, 1.54) is 0 Å². The summed E-state index contributed by atoms with van der Waals surface area (Å²) in [7, 11) is 0. The highest BCUT2D eigenvalue weighted by atomic mass is 16.7. The molecule has 0 spiro atoms. The number of benzene rings is 2. The highest BCUT2D eigenvalue weighted by molar-refractivity contribution is 5.90. The van der Waals surface area contributed by atoms with Crippen LogP contribution in [0, 0.1) is 5.41 Å². The van der Waals surface area contributed by atoms with Gasteiger partial charge in [0, 0.05) is 23.7 Å². The van der Waals surface area contributed by atoms with Gasteiger partial charge in [-0.3, -0.25) is 0 Å². The molecule has 1 fully saturated rings. The van der Waals surface area contributed by atoms with Crippen LogP contribution in [-0.4, -0.2) is 28.4 Å². The van der Waals surface area contributed by atoms with Crippen LogP contribution in [0.15, 0.2) is 42.5 Å². The lowest BCUT2D eigenvalue weighted by Gasteiger charge is -2.42. The summed E-state index contributed by atoms with van der Waals surface area (Å²) in [6.45, 7) is 7.21. The van der Waals surface area contributed by atoms with Crippen LogP contribution < -0.4 is 16.2 Å². The maximum atomic E-state index is 12.1. The maximum absolute atomic E-state index is 12.1. The van der Waals surface area contributed by atoms with Crippen molar-refractivity contribution in [3.8, 4) is 16.9 Å². The van der Waals surface area contributed by atoms with Crippen LogP contribution in [0.5, 0.6) is 5.75 Å². The number of ether oxygens (including phenoxy) is 1. The Morgan fingerprint density at radius 3 is 2.26 bits per heavy atom. The van der Waals surface area contributed by atoms with Gasteiger partial charge in [0.2, 0.25) is 0 Å². The predicted molar refractivity (Wildman–Crippen MR) is 129 cm³/mol. The third kappa shape index (κ3) is 3.88. The molecule has 3 aromatic rings. The molecule has 1 unspecified atom stereocenters. The number of hydroxylamine groups is 2. The van der Waals surface area contributed by atoms with Gasteiger partial charge in [0.05, 0.1) is 18.3 Å². The van der Waals surface area contributed by atoms with Gasteiger partial charge < -0.3 is 25.6 Å². The van der Waals surface area contributed by atoms with E-state index in [0.717, 1.165) is 46.1 Å². The van der Waals surface area contributed by atoms with Crippen molar-refractivity contribution >= 4 is 23.0 Å². The molecule has 5 rings (SSSR count). The lowest BCUT2D eigenvalue weighted by atomic mass is 9.83. The molecule has 8 heteroatoms. The number of amides is 2. The van der Waals surface area contributed by atoms with Gasteiger partial charge in [0.25, 0.3) is 0 Å². The second kappa shape index (κ2) is 8.06. The summed E-state index contributed by atoms with van der Waals surface area (Å²) in [6, 6.07) is 14.0. The number of aromatic nitrogens is 1. The van der Waals surface area contributed by atoms with Crippen molar-refractivity contribution in [3.05, 3.63) is 53.9 Å². The van der Waals surface area contributed by atoms with Crippen LogP contribution in [0.4, 0.5) is 9.59 Å². The zero-order chi connectivity index (χ0) is 24.2. The molecule has 1 saturated carbocycles. The molecule has 2 amide bonds. The Bertz CT molecular complexity index is 1290. The third-order valence-corrected chi connectivity index (χ3v) is 6.62. The molecular weight excluding hydrogens is 432 g/mol. The number of rotatable bonds is 4. The van der Waals surface area contributed by atoms with Crippen molar-refractivity contribution in [2.45, 2.75) is 52.1 Å². The van der Waals surface area contributed by atoms with Crippen molar-refractivity contribution in [1.29, 1.82) is 0 Å². The minimum atomic E-state index is -0.876. The van der Waals surface area contributed by atoms with Gasteiger partial charge in [0.1, 0.15) is 0 Å². The van der Waals surface area contributed by atoms with Crippen LogP contribution in [0.25, 0.3) is 21.9 Å². The van der Waals surface area contributed by atoms with E-state index in [9.17, 15) is 9.59 Å². The monoisotopic (exact) mass is 462 g/mol. The van der Waals surface area contributed by atoms with Crippen molar-refractivity contribution in [1.82, 2.24) is 9.63 Å². The predicted octanol–water partition coefficient (Wildman–Crippen LogP) is 5.06. The first-order valence-corrected chi connectivity index (χ1v) is 11.6. The second-order valence-corrected chi connectivity index (χ2v) is 10.2. The lowest BCUT2D eigenvalue weighted by molar-refractivity contribution is -0.168. The van der Waals surface area contributed by atoms with Gasteiger partial charge in [-0.05, 0) is 40.7 Å². The number of fused-ring (bicyclic) bond motifs is 2. The topological polar surface area (TPSA) is 113 Å². The van der Waals surface area contributed by atoms with Crippen LogP contribution in [0.3, 0.4) is 0 Å². The lowest BCUT2D eigenvalue weighted by Crippen LogP contribution is -2.46. The fraction of sp³-hybridized carbons (Fsp3) is 0.385. The average Bonchev–Trinajstić information content (AvgIpc) is 3.55. The van der Waals surface area contributed by atoms with E-state index >= 15 is 0 Å². The summed E-state index contributed by atoms with van der Waals surface area (Å²) in [5.41, 5.74) is 14.4. The number of hydrogen-bond acceptors (Lipinski definition) is 5. The smallest absolute Gasteiger partial charge is 0.408 e. The maximum Gasteiger partial charge on any atom is 0.423 e. The molecule has 1 aromatic heterocycles. The molecule has 1 aliphatic carbocycles. The van der Waals surface area contributed by atoms with Crippen LogP contribution in [-0.2, 0) is 11.4 Å².